The molecule has 0 aromatic heterocycles. The zero-order valence-corrected chi connectivity index (χ0v) is 13.9. The third-order valence-electron chi connectivity index (χ3n) is 4.52. The Labute approximate surface area is 144 Å². The molecule has 0 saturated carbocycles. The van der Waals surface area contributed by atoms with E-state index >= 15 is 0 Å². The van der Waals surface area contributed by atoms with Gasteiger partial charge >= 0.3 is 6.03 Å². The van der Waals surface area contributed by atoms with Crippen molar-refractivity contribution in [2.45, 2.75) is 44.3 Å². The third kappa shape index (κ3) is 3.72. The number of urea groups is 1. The van der Waals surface area contributed by atoms with E-state index in [4.69, 9.17) is 0 Å². The SMILES string of the molecule is CCC[C@@H]1NC(=O)[C@@H]2C[C@H](NC(=O)Nc3ccc(F)cc3)CN2C1=O. The van der Waals surface area contributed by atoms with Crippen LogP contribution >= 0.6 is 0 Å². The molecule has 0 spiro atoms. The van der Waals surface area contributed by atoms with Gasteiger partial charge in [0, 0.05) is 12.2 Å². The average Bonchev–Trinajstić information content (AvgIpc) is 2.99. The summed E-state index contributed by atoms with van der Waals surface area (Å²) < 4.78 is 12.9. The van der Waals surface area contributed by atoms with E-state index < -0.39 is 18.1 Å². The lowest BCUT2D eigenvalue weighted by atomic mass is 10.0. The molecule has 0 unspecified atom stereocenters. The van der Waals surface area contributed by atoms with Crippen molar-refractivity contribution in [1.29, 1.82) is 0 Å². The largest absolute Gasteiger partial charge is 0.343 e. The number of carbonyl (C=O) groups excluding carboxylic acids is 3. The maximum atomic E-state index is 12.9. The summed E-state index contributed by atoms with van der Waals surface area (Å²) in [7, 11) is 0. The summed E-state index contributed by atoms with van der Waals surface area (Å²) in [5, 5.41) is 8.14. The second-order valence-corrected chi connectivity index (χ2v) is 6.39. The van der Waals surface area contributed by atoms with Gasteiger partial charge in [-0.1, -0.05) is 13.3 Å². The molecule has 2 heterocycles. The fourth-order valence-corrected chi connectivity index (χ4v) is 3.33. The van der Waals surface area contributed by atoms with Gasteiger partial charge in [0.25, 0.3) is 0 Å². The molecule has 8 heteroatoms. The predicted molar refractivity (Wildman–Crippen MR) is 89.3 cm³/mol. The normalized spacial score (nSPS) is 25.4. The molecule has 0 bridgehead atoms. The van der Waals surface area contributed by atoms with Crippen molar-refractivity contribution >= 4 is 23.5 Å². The summed E-state index contributed by atoms with van der Waals surface area (Å²) in [5.41, 5.74) is 0.464. The molecular formula is C17H21FN4O3. The van der Waals surface area contributed by atoms with Gasteiger partial charge < -0.3 is 20.9 Å². The maximum Gasteiger partial charge on any atom is 0.319 e. The molecule has 1 aromatic carbocycles. The third-order valence-corrected chi connectivity index (χ3v) is 4.52. The Balaban J connectivity index is 1.58. The molecular weight excluding hydrogens is 327 g/mol. The van der Waals surface area contributed by atoms with E-state index in [1.807, 2.05) is 6.92 Å². The highest BCUT2D eigenvalue weighted by molar-refractivity contribution is 5.98. The van der Waals surface area contributed by atoms with E-state index in [-0.39, 0.29) is 23.7 Å². The summed E-state index contributed by atoms with van der Waals surface area (Å²) in [6.45, 7) is 2.27. The Morgan fingerprint density at radius 2 is 2.04 bits per heavy atom. The first-order valence-electron chi connectivity index (χ1n) is 8.42. The number of fused-ring (bicyclic) bond motifs is 1. The Bertz CT molecular complexity index is 679. The smallest absolute Gasteiger partial charge is 0.319 e. The molecule has 2 aliphatic heterocycles. The molecule has 0 aliphatic carbocycles. The van der Waals surface area contributed by atoms with Crippen LogP contribution in [-0.2, 0) is 9.59 Å². The number of amides is 4. The number of carbonyl (C=O) groups is 3. The molecule has 2 saturated heterocycles. The highest BCUT2D eigenvalue weighted by atomic mass is 19.1. The molecule has 1 aromatic rings. The Morgan fingerprint density at radius 3 is 2.72 bits per heavy atom. The van der Waals surface area contributed by atoms with E-state index in [1.54, 1.807) is 4.90 Å². The minimum absolute atomic E-state index is 0.0882. The Hall–Kier alpha value is -2.64. The van der Waals surface area contributed by atoms with Crippen LogP contribution in [0.4, 0.5) is 14.9 Å². The second kappa shape index (κ2) is 7.08. The summed E-state index contributed by atoms with van der Waals surface area (Å²) in [5.74, 6) is -0.638. The van der Waals surface area contributed by atoms with Crippen LogP contribution in [0.1, 0.15) is 26.2 Å². The van der Waals surface area contributed by atoms with E-state index in [0.717, 1.165) is 6.42 Å². The molecule has 4 amide bonds. The lowest BCUT2D eigenvalue weighted by Gasteiger charge is -2.34. The van der Waals surface area contributed by atoms with Crippen LogP contribution in [0.2, 0.25) is 0 Å². The molecule has 25 heavy (non-hydrogen) atoms. The van der Waals surface area contributed by atoms with Crippen molar-refractivity contribution in [3.8, 4) is 0 Å². The number of piperazine rings is 1. The minimum Gasteiger partial charge on any atom is -0.343 e. The highest BCUT2D eigenvalue weighted by Crippen LogP contribution is 2.24. The molecule has 2 aliphatic rings. The van der Waals surface area contributed by atoms with E-state index in [2.05, 4.69) is 16.0 Å². The van der Waals surface area contributed by atoms with Crippen LogP contribution in [0.25, 0.3) is 0 Å². The van der Waals surface area contributed by atoms with Crippen LogP contribution in [-0.4, -0.2) is 47.4 Å². The quantitative estimate of drug-likeness (QED) is 0.764. The Morgan fingerprint density at radius 1 is 1.32 bits per heavy atom. The van der Waals surface area contributed by atoms with Gasteiger partial charge in [-0.05, 0) is 37.1 Å². The van der Waals surface area contributed by atoms with Crippen molar-refractivity contribution < 1.29 is 18.8 Å². The highest BCUT2D eigenvalue weighted by Gasteiger charge is 2.46. The van der Waals surface area contributed by atoms with Crippen molar-refractivity contribution in [3.05, 3.63) is 30.1 Å². The summed E-state index contributed by atoms with van der Waals surface area (Å²) in [6, 6.07) is 3.66. The maximum absolute atomic E-state index is 12.9. The number of hydrogen-bond donors (Lipinski definition) is 3. The lowest BCUT2D eigenvalue weighted by molar-refractivity contribution is -0.147. The van der Waals surface area contributed by atoms with Crippen molar-refractivity contribution in [1.82, 2.24) is 15.5 Å². The first kappa shape index (κ1) is 17.2. The van der Waals surface area contributed by atoms with E-state index in [0.29, 0.717) is 25.1 Å². The number of hydrogen-bond acceptors (Lipinski definition) is 3. The van der Waals surface area contributed by atoms with E-state index in [1.165, 1.54) is 24.3 Å². The second-order valence-electron chi connectivity index (χ2n) is 6.39. The number of anilines is 1. The van der Waals surface area contributed by atoms with Gasteiger partial charge in [0.1, 0.15) is 17.9 Å². The zero-order valence-electron chi connectivity index (χ0n) is 13.9. The van der Waals surface area contributed by atoms with Gasteiger partial charge in [-0.2, -0.15) is 0 Å². The molecule has 3 rings (SSSR count). The number of rotatable bonds is 4. The van der Waals surface area contributed by atoms with Crippen molar-refractivity contribution in [2.75, 3.05) is 11.9 Å². The van der Waals surface area contributed by atoms with Crippen LogP contribution in [0.3, 0.4) is 0 Å². The topological polar surface area (TPSA) is 90.5 Å². The van der Waals surface area contributed by atoms with E-state index in [9.17, 15) is 18.8 Å². The van der Waals surface area contributed by atoms with Crippen LogP contribution in [0, 0.1) is 5.82 Å². The fourth-order valence-electron chi connectivity index (χ4n) is 3.33. The van der Waals surface area contributed by atoms with Crippen molar-refractivity contribution in [3.63, 3.8) is 0 Å². The number of benzene rings is 1. The van der Waals surface area contributed by atoms with Gasteiger partial charge in [0.15, 0.2) is 0 Å². The molecule has 3 N–H and O–H groups in total. The standard InChI is InChI=1S/C17H21FN4O3/c1-2-3-13-16(24)22-9-12(8-14(22)15(23)21-13)20-17(25)19-11-6-4-10(18)5-7-11/h4-7,12-14H,2-3,8-9H2,1H3,(H,21,23)(H2,19,20,25)/t12-,13-,14-/m0/s1. The van der Waals surface area contributed by atoms with Crippen LogP contribution in [0.5, 0.6) is 0 Å². The molecule has 2 fully saturated rings. The number of nitrogens with one attached hydrogen (secondary N) is 3. The number of nitrogens with zero attached hydrogens (tertiary/aromatic N) is 1. The van der Waals surface area contributed by atoms with Crippen molar-refractivity contribution in [2.24, 2.45) is 0 Å². The molecule has 0 radical (unpaired) electrons. The van der Waals surface area contributed by atoms with Crippen LogP contribution in [0.15, 0.2) is 24.3 Å². The lowest BCUT2D eigenvalue weighted by Crippen LogP contribution is -2.61. The first-order chi connectivity index (χ1) is 12.0. The Kier molecular flexibility index (Phi) is 4.87. The monoisotopic (exact) mass is 348 g/mol. The zero-order chi connectivity index (χ0) is 18.0. The van der Waals surface area contributed by atoms with Gasteiger partial charge in [0.2, 0.25) is 11.8 Å². The first-order valence-corrected chi connectivity index (χ1v) is 8.42. The summed E-state index contributed by atoms with van der Waals surface area (Å²) in [6.07, 6.45) is 1.79. The summed E-state index contributed by atoms with van der Waals surface area (Å²) in [4.78, 5) is 38.3. The van der Waals surface area contributed by atoms with Gasteiger partial charge in [-0.3, -0.25) is 9.59 Å². The summed E-state index contributed by atoms with van der Waals surface area (Å²) >= 11 is 0. The predicted octanol–water partition coefficient (Wildman–Crippen LogP) is 1.22. The molecule has 3 atom stereocenters. The van der Waals surface area contributed by atoms with Crippen LogP contribution < -0.4 is 16.0 Å². The van der Waals surface area contributed by atoms with Gasteiger partial charge in [0.05, 0.1) is 6.04 Å². The van der Waals surface area contributed by atoms with Gasteiger partial charge in [-0.15, -0.1) is 0 Å². The average molecular weight is 348 g/mol. The molecule has 134 valence electrons. The number of halogens is 1. The minimum atomic E-state index is -0.531. The molecule has 7 nitrogen and oxygen atoms in total. The van der Waals surface area contributed by atoms with Gasteiger partial charge in [-0.25, -0.2) is 9.18 Å². The fraction of sp³-hybridized carbons (Fsp3) is 0.471.